The molecule has 0 spiro atoms. The van der Waals surface area contributed by atoms with Gasteiger partial charge in [-0.2, -0.15) is 0 Å². The van der Waals surface area contributed by atoms with Crippen LogP contribution in [-0.2, 0) is 6.42 Å². The molecule has 1 heterocycles. The molecule has 21 heavy (non-hydrogen) atoms. The van der Waals surface area contributed by atoms with E-state index in [9.17, 15) is 4.39 Å². The Hall–Kier alpha value is -1.78. The van der Waals surface area contributed by atoms with Crippen molar-refractivity contribution in [1.29, 1.82) is 0 Å². The Morgan fingerprint density at radius 3 is 2.71 bits per heavy atom. The van der Waals surface area contributed by atoms with Gasteiger partial charge in [-0.15, -0.1) is 0 Å². The Kier molecular flexibility index (Phi) is 3.99. The summed E-state index contributed by atoms with van der Waals surface area (Å²) in [5, 5.41) is 0.113. The second-order valence-corrected chi connectivity index (χ2v) is 5.33. The molecule has 0 aromatic heterocycles. The SMILES string of the molecule is NC(Cc1cccc(Cl)c1F)c1ccc2c(c1)OCCO2. The molecule has 3 nitrogen and oxygen atoms in total. The molecule has 0 amide bonds. The molecule has 2 N–H and O–H groups in total. The second kappa shape index (κ2) is 5.92. The minimum Gasteiger partial charge on any atom is -0.486 e. The van der Waals surface area contributed by atoms with Crippen LogP contribution >= 0.6 is 11.6 Å². The molecule has 1 unspecified atom stereocenters. The lowest BCUT2D eigenvalue weighted by atomic mass is 9.99. The van der Waals surface area contributed by atoms with Gasteiger partial charge in [0, 0.05) is 6.04 Å². The fourth-order valence-corrected chi connectivity index (χ4v) is 2.55. The van der Waals surface area contributed by atoms with Crippen LogP contribution in [0.5, 0.6) is 11.5 Å². The molecule has 0 aliphatic carbocycles. The average Bonchev–Trinajstić information content (AvgIpc) is 2.51. The molecule has 1 aliphatic heterocycles. The van der Waals surface area contributed by atoms with E-state index in [1.165, 1.54) is 6.07 Å². The van der Waals surface area contributed by atoms with Crippen molar-refractivity contribution in [3.8, 4) is 11.5 Å². The third-order valence-electron chi connectivity index (χ3n) is 3.47. The van der Waals surface area contributed by atoms with Crippen LogP contribution < -0.4 is 15.2 Å². The van der Waals surface area contributed by atoms with Crippen LogP contribution in [0.3, 0.4) is 0 Å². The predicted molar refractivity (Wildman–Crippen MR) is 79.5 cm³/mol. The maximum atomic E-state index is 13.9. The Balaban J connectivity index is 1.82. The number of rotatable bonds is 3. The van der Waals surface area contributed by atoms with Crippen LogP contribution in [0.2, 0.25) is 5.02 Å². The maximum absolute atomic E-state index is 13.9. The predicted octanol–water partition coefficient (Wildman–Crippen LogP) is 3.49. The summed E-state index contributed by atoms with van der Waals surface area (Å²) in [6, 6.07) is 10.2. The van der Waals surface area contributed by atoms with Crippen LogP contribution in [0.25, 0.3) is 0 Å². The van der Waals surface area contributed by atoms with Crippen molar-refractivity contribution in [2.24, 2.45) is 5.73 Å². The Morgan fingerprint density at radius 2 is 1.90 bits per heavy atom. The van der Waals surface area contributed by atoms with Crippen LogP contribution in [0.4, 0.5) is 4.39 Å². The normalized spacial score (nSPS) is 14.8. The molecule has 0 bridgehead atoms. The first-order chi connectivity index (χ1) is 10.1. The molecule has 0 fully saturated rings. The summed E-state index contributed by atoms with van der Waals surface area (Å²) in [6.45, 7) is 1.07. The van der Waals surface area contributed by atoms with E-state index in [1.54, 1.807) is 12.1 Å². The van der Waals surface area contributed by atoms with Gasteiger partial charge in [0.1, 0.15) is 19.0 Å². The van der Waals surface area contributed by atoms with Gasteiger partial charge >= 0.3 is 0 Å². The van der Waals surface area contributed by atoms with Crippen LogP contribution in [0, 0.1) is 5.82 Å². The van der Waals surface area contributed by atoms with E-state index in [0.29, 0.717) is 36.7 Å². The first-order valence-electron chi connectivity index (χ1n) is 6.73. The second-order valence-electron chi connectivity index (χ2n) is 4.93. The lowest BCUT2D eigenvalue weighted by molar-refractivity contribution is 0.171. The molecule has 1 aliphatic rings. The summed E-state index contributed by atoms with van der Waals surface area (Å²) in [7, 11) is 0. The lowest BCUT2D eigenvalue weighted by Crippen LogP contribution is -2.18. The molecule has 110 valence electrons. The molecule has 2 aromatic rings. The minimum absolute atomic E-state index is 0.113. The van der Waals surface area contributed by atoms with Gasteiger partial charge in [0.25, 0.3) is 0 Å². The van der Waals surface area contributed by atoms with Gasteiger partial charge in [-0.25, -0.2) is 4.39 Å². The summed E-state index contributed by atoms with van der Waals surface area (Å²) in [4.78, 5) is 0. The average molecular weight is 308 g/mol. The van der Waals surface area contributed by atoms with Gasteiger partial charge in [-0.05, 0) is 35.7 Å². The molecule has 5 heteroatoms. The van der Waals surface area contributed by atoms with Crippen LogP contribution in [-0.4, -0.2) is 13.2 Å². The van der Waals surface area contributed by atoms with E-state index in [2.05, 4.69) is 0 Å². The summed E-state index contributed by atoms with van der Waals surface area (Å²) in [6.07, 6.45) is 0.367. The zero-order valence-electron chi connectivity index (χ0n) is 11.3. The molecule has 0 saturated heterocycles. The first-order valence-corrected chi connectivity index (χ1v) is 7.11. The van der Waals surface area contributed by atoms with E-state index in [0.717, 1.165) is 5.56 Å². The number of fused-ring (bicyclic) bond motifs is 1. The van der Waals surface area contributed by atoms with E-state index in [1.807, 2.05) is 18.2 Å². The zero-order chi connectivity index (χ0) is 14.8. The molecule has 2 aromatic carbocycles. The van der Waals surface area contributed by atoms with Gasteiger partial charge in [-0.3, -0.25) is 0 Å². The Bertz CT molecular complexity index is 663. The van der Waals surface area contributed by atoms with E-state index >= 15 is 0 Å². The highest BCUT2D eigenvalue weighted by Gasteiger charge is 2.16. The van der Waals surface area contributed by atoms with Crippen molar-refractivity contribution in [2.75, 3.05) is 13.2 Å². The summed E-state index contributed by atoms with van der Waals surface area (Å²) in [5.41, 5.74) is 7.55. The summed E-state index contributed by atoms with van der Waals surface area (Å²) < 4.78 is 24.9. The quantitative estimate of drug-likeness (QED) is 0.944. The fourth-order valence-electron chi connectivity index (χ4n) is 2.35. The van der Waals surface area contributed by atoms with Gasteiger partial charge in [0.15, 0.2) is 11.5 Å². The van der Waals surface area contributed by atoms with Crippen molar-refractivity contribution in [1.82, 2.24) is 0 Å². The molecule has 0 radical (unpaired) electrons. The van der Waals surface area contributed by atoms with Gasteiger partial charge in [0.05, 0.1) is 5.02 Å². The number of halogens is 2. The van der Waals surface area contributed by atoms with E-state index in [-0.39, 0.29) is 11.1 Å². The molecule has 0 saturated carbocycles. The van der Waals surface area contributed by atoms with Crippen LogP contribution in [0.15, 0.2) is 36.4 Å². The highest BCUT2D eigenvalue weighted by molar-refractivity contribution is 6.30. The standard InChI is InChI=1S/C16H15ClFNO2/c17-12-3-1-2-11(16(12)18)8-13(19)10-4-5-14-15(9-10)21-7-6-20-14/h1-5,9,13H,6-8,19H2. The number of hydrogen-bond donors (Lipinski definition) is 1. The minimum atomic E-state index is -0.410. The Labute approximate surface area is 127 Å². The molecule has 1 atom stereocenters. The van der Waals surface area contributed by atoms with Gasteiger partial charge in [0.2, 0.25) is 0 Å². The fraction of sp³-hybridized carbons (Fsp3) is 0.250. The smallest absolute Gasteiger partial charge is 0.161 e. The molecule has 3 rings (SSSR count). The highest BCUT2D eigenvalue weighted by atomic mass is 35.5. The van der Waals surface area contributed by atoms with Crippen molar-refractivity contribution in [3.63, 3.8) is 0 Å². The van der Waals surface area contributed by atoms with Gasteiger partial charge < -0.3 is 15.2 Å². The third kappa shape index (κ3) is 2.96. The van der Waals surface area contributed by atoms with Gasteiger partial charge in [-0.1, -0.05) is 29.8 Å². The third-order valence-corrected chi connectivity index (χ3v) is 3.76. The van der Waals surface area contributed by atoms with Crippen molar-refractivity contribution in [3.05, 3.63) is 58.4 Å². The largest absolute Gasteiger partial charge is 0.486 e. The number of hydrogen-bond acceptors (Lipinski definition) is 3. The number of benzene rings is 2. The number of ether oxygens (including phenoxy) is 2. The topological polar surface area (TPSA) is 44.5 Å². The summed E-state index contributed by atoms with van der Waals surface area (Å²) in [5.74, 6) is 0.985. The molecular weight excluding hydrogens is 293 g/mol. The van der Waals surface area contributed by atoms with Crippen molar-refractivity contribution in [2.45, 2.75) is 12.5 Å². The maximum Gasteiger partial charge on any atom is 0.161 e. The van der Waals surface area contributed by atoms with E-state index < -0.39 is 5.82 Å². The zero-order valence-corrected chi connectivity index (χ0v) is 12.1. The summed E-state index contributed by atoms with van der Waals surface area (Å²) >= 11 is 5.79. The van der Waals surface area contributed by atoms with Crippen molar-refractivity contribution >= 4 is 11.6 Å². The van der Waals surface area contributed by atoms with Crippen molar-refractivity contribution < 1.29 is 13.9 Å². The highest BCUT2D eigenvalue weighted by Crippen LogP contribution is 2.33. The Morgan fingerprint density at radius 1 is 1.14 bits per heavy atom. The first kappa shape index (κ1) is 14.2. The van der Waals surface area contributed by atoms with Crippen LogP contribution in [0.1, 0.15) is 17.2 Å². The van der Waals surface area contributed by atoms with E-state index in [4.69, 9.17) is 26.8 Å². The molecular formula is C16H15ClFNO2. The lowest BCUT2D eigenvalue weighted by Gasteiger charge is -2.20. The monoisotopic (exact) mass is 307 g/mol. The number of nitrogens with two attached hydrogens (primary N) is 1.